The number of aliphatic hydroxyl groups excluding tert-OH is 1. The molecule has 3 heterocycles. The van der Waals surface area contributed by atoms with E-state index in [1.165, 1.54) is 12.1 Å². The van der Waals surface area contributed by atoms with Crippen molar-refractivity contribution in [2.24, 2.45) is 0 Å². The van der Waals surface area contributed by atoms with E-state index in [0.29, 0.717) is 16.7 Å². The maximum Gasteiger partial charge on any atom is 0.300 e. The summed E-state index contributed by atoms with van der Waals surface area (Å²) in [5.41, 5.74) is 1.22. The van der Waals surface area contributed by atoms with Crippen molar-refractivity contribution in [2.45, 2.75) is 13.0 Å². The van der Waals surface area contributed by atoms with Crippen molar-refractivity contribution in [2.75, 3.05) is 4.90 Å². The molecule has 0 radical (unpaired) electrons. The Kier molecular flexibility index (Phi) is 4.64. The third kappa shape index (κ3) is 3.01. The molecule has 1 unspecified atom stereocenters. The number of hydrogen-bond donors (Lipinski definition) is 2. The van der Waals surface area contributed by atoms with Crippen molar-refractivity contribution in [3.05, 3.63) is 94.3 Å². The van der Waals surface area contributed by atoms with E-state index in [9.17, 15) is 19.1 Å². The van der Waals surface area contributed by atoms with Crippen LogP contribution in [-0.4, -0.2) is 21.8 Å². The van der Waals surface area contributed by atoms with Crippen LogP contribution in [0.15, 0.2) is 70.8 Å². The van der Waals surface area contributed by atoms with Crippen molar-refractivity contribution in [1.29, 1.82) is 0 Å². The van der Waals surface area contributed by atoms with Crippen LogP contribution in [0.3, 0.4) is 0 Å². The first-order valence-electron chi connectivity index (χ1n) is 9.75. The van der Waals surface area contributed by atoms with Gasteiger partial charge in [0.05, 0.1) is 10.6 Å². The van der Waals surface area contributed by atoms with Gasteiger partial charge < -0.3 is 14.5 Å². The van der Waals surface area contributed by atoms with Gasteiger partial charge in [0.2, 0.25) is 0 Å². The molecule has 0 saturated carbocycles. The molecule has 2 aromatic carbocycles. The predicted octanol–water partition coefficient (Wildman–Crippen LogP) is 5.49. The fourth-order valence-corrected chi connectivity index (χ4v) is 4.19. The van der Waals surface area contributed by atoms with Gasteiger partial charge in [-0.25, -0.2) is 4.39 Å². The fourth-order valence-electron chi connectivity index (χ4n) is 4.02. The first kappa shape index (κ1) is 20.1. The minimum Gasteiger partial charge on any atom is -0.507 e. The van der Waals surface area contributed by atoms with Gasteiger partial charge in [-0.15, -0.1) is 0 Å². The molecule has 0 spiro atoms. The number of H-pyrrole nitrogens is 1. The highest BCUT2D eigenvalue weighted by molar-refractivity contribution is 6.52. The number of ketones is 1. The molecule has 4 aromatic rings. The maximum absolute atomic E-state index is 13.7. The summed E-state index contributed by atoms with van der Waals surface area (Å²) in [5.74, 6) is -1.91. The highest BCUT2D eigenvalue weighted by Crippen LogP contribution is 2.44. The number of halogens is 2. The van der Waals surface area contributed by atoms with Gasteiger partial charge in [-0.1, -0.05) is 29.8 Å². The Balaban J connectivity index is 1.75. The Morgan fingerprint density at radius 1 is 1.16 bits per heavy atom. The average molecular weight is 451 g/mol. The van der Waals surface area contributed by atoms with Gasteiger partial charge in [-0.2, -0.15) is 0 Å². The summed E-state index contributed by atoms with van der Waals surface area (Å²) in [6, 6.07) is 13.3. The molecule has 0 aliphatic carbocycles. The highest BCUT2D eigenvalue weighted by atomic mass is 35.5. The van der Waals surface area contributed by atoms with Crippen LogP contribution < -0.4 is 4.90 Å². The van der Waals surface area contributed by atoms with Gasteiger partial charge in [-0.05, 0) is 43.3 Å². The van der Waals surface area contributed by atoms with E-state index in [0.717, 1.165) is 16.5 Å². The van der Waals surface area contributed by atoms with Gasteiger partial charge in [0.15, 0.2) is 0 Å². The number of hydrogen-bond acceptors (Lipinski definition) is 4. The zero-order valence-electron chi connectivity index (χ0n) is 16.7. The lowest BCUT2D eigenvalue weighted by molar-refractivity contribution is -0.132. The smallest absolute Gasteiger partial charge is 0.300 e. The zero-order valence-corrected chi connectivity index (χ0v) is 17.5. The van der Waals surface area contributed by atoms with E-state index >= 15 is 0 Å². The SMILES string of the molecule is Cc1ccc(C2/C(=C(/O)c3c[nH]c4ccccc34)C(=O)C(=O)N2c2ccc(F)c(Cl)c2)o1. The average Bonchev–Trinajstić information content (AvgIpc) is 3.46. The Morgan fingerprint density at radius 2 is 1.94 bits per heavy atom. The zero-order chi connectivity index (χ0) is 22.6. The molecule has 8 heteroatoms. The van der Waals surface area contributed by atoms with E-state index in [4.69, 9.17) is 16.0 Å². The van der Waals surface area contributed by atoms with Crippen LogP contribution in [0, 0.1) is 12.7 Å². The van der Waals surface area contributed by atoms with E-state index in [-0.39, 0.29) is 27.8 Å². The minimum absolute atomic E-state index is 0.130. The number of furan rings is 1. The molecule has 160 valence electrons. The third-order valence-corrected chi connectivity index (χ3v) is 5.79. The number of benzene rings is 2. The number of nitrogens with one attached hydrogen (secondary N) is 1. The quantitative estimate of drug-likeness (QED) is 0.245. The van der Waals surface area contributed by atoms with Gasteiger partial charge in [0.25, 0.3) is 11.7 Å². The molecule has 2 N–H and O–H groups in total. The van der Waals surface area contributed by atoms with Crippen LogP contribution in [0.5, 0.6) is 0 Å². The van der Waals surface area contributed by atoms with Crippen LogP contribution >= 0.6 is 11.6 Å². The second-order valence-electron chi connectivity index (χ2n) is 7.46. The Bertz CT molecular complexity index is 1430. The lowest BCUT2D eigenvalue weighted by atomic mass is 9.99. The number of anilines is 1. The number of carbonyl (C=O) groups excluding carboxylic acids is 2. The summed E-state index contributed by atoms with van der Waals surface area (Å²) in [6.45, 7) is 1.73. The largest absolute Gasteiger partial charge is 0.507 e. The number of amides is 1. The number of nitrogens with zero attached hydrogens (tertiary/aromatic N) is 1. The number of aliphatic hydroxyl groups is 1. The molecule has 6 nitrogen and oxygen atoms in total. The monoisotopic (exact) mass is 450 g/mol. The summed E-state index contributed by atoms with van der Waals surface area (Å²) in [5, 5.41) is 11.7. The summed E-state index contributed by atoms with van der Waals surface area (Å²) in [4.78, 5) is 30.4. The first-order valence-corrected chi connectivity index (χ1v) is 10.1. The van der Waals surface area contributed by atoms with Crippen LogP contribution in [0.2, 0.25) is 5.02 Å². The van der Waals surface area contributed by atoms with Crippen molar-refractivity contribution in [1.82, 2.24) is 4.98 Å². The van der Waals surface area contributed by atoms with Gasteiger partial charge in [0.1, 0.15) is 29.1 Å². The first-order chi connectivity index (χ1) is 15.4. The van der Waals surface area contributed by atoms with Gasteiger partial charge in [-0.3, -0.25) is 14.5 Å². The lowest BCUT2D eigenvalue weighted by Gasteiger charge is -2.23. The van der Waals surface area contributed by atoms with Crippen LogP contribution in [0.4, 0.5) is 10.1 Å². The minimum atomic E-state index is -1.06. The summed E-state index contributed by atoms with van der Waals surface area (Å²) in [6.07, 6.45) is 1.58. The number of aromatic amines is 1. The van der Waals surface area contributed by atoms with Crippen LogP contribution in [0.25, 0.3) is 16.7 Å². The Hall–Kier alpha value is -3.84. The molecule has 1 amide bonds. The topological polar surface area (TPSA) is 86.5 Å². The predicted molar refractivity (Wildman–Crippen MR) is 118 cm³/mol. The van der Waals surface area contributed by atoms with Crippen molar-refractivity contribution < 1.29 is 23.5 Å². The molecular weight excluding hydrogens is 435 g/mol. The number of Topliss-reactive ketones (excluding diaryl/α,β-unsaturated/α-hetero) is 1. The van der Waals surface area contributed by atoms with Crippen molar-refractivity contribution in [3.8, 4) is 0 Å². The van der Waals surface area contributed by atoms with Crippen LogP contribution in [0.1, 0.15) is 23.1 Å². The Labute approximate surface area is 186 Å². The third-order valence-electron chi connectivity index (χ3n) is 5.50. The second kappa shape index (κ2) is 7.39. The number of carbonyl (C=O) groups is 2. The molecule has 5 rings (SSSR count). The molecule has 1 atom stereocenters. The summed E-state index contributed by atoms with van der Waals surface area (Å²) < 4.78 is 19.5. The molecule has 2 aromatic heterocycles. The van der Waals surface area contributed by atoms with E-state index < -0.39 is 23.5 Å². The van der Waals surface area contributed by atoms with Crippen molar-refractivity contribution >= 4 is 45.6 Å². The van der Waals surface area contributed by atoms with E-state index in [2.05, 4.69) is 4.98 Å². The highest BCUT2D eigenvalue weighted by Gasteiger charge is 2.48. The lowest BCUT2D eigenvalue weighted by Crippen LogP contribution is -2.29. The summed E-state index contributed by atoms with van der Waals surface area (Å²) in [7, 11) is 0. The number of aromatic nitrogens is 1. The number of rotatable bonds is 3. The van der Waals surface area contributed by atoms with Crippen molar-refractivity contribution in [3.63, 3.8) is 0 Å². The molecule has 1 saturated heterocycles. The van der Waals surface area contributed by atoms with E-state index in [1.807, 2.05) is 12.1 Å². The molecule has 1 aliphatic rings. The number of aryl methyl sites for hydroxylation is 1. The molecule has 1 fully saturated rings. The number of para-hydroxylation sites is 1. The van der Waals surface area contributed by atoms with Gasteiger partial charge in [0, 0.05) is 28.4 Å². The van der Waals surface area contributed by atoms with Crippen LogP contribution in [-0.2, 0) is 9.59 Å². The number of fused-ring (bicyclic) bond motifs is 1. The Morgan fingerprint density at radius 3 is 2.66 bits per heavy atom. The second-order valence-corrected chi connectivity index (χ2v) is 7.87. The van der Waals surface area contributed by atoms with Gasteiger partial charge >= 0.3 is 0 Å². The maximum atomic E-state index is 13.7. The molecular formula is C24H16ClFN2O4. The molecule has 32 heavy (non-hydrogen) atoms. The summed E-state index contributed by atoms with van der Waals surface area (Å²) >= 11 is 5.93. The standard InChI is InChI=1S/C24H16ClFN2O4/c1-12-6-9-19(32-12)21-20(22(29)15-11-27-18-5-3-2-4-14(15)18)23(30)24(31)28(21)13-7-8-17(26)16(25)10-13/h2-11,21,27,29H,1H3/b22-20-. The fraction of sp³-hybridized carbons (Fsp3) is 0.0833. The van der Waals surface area contributed by atoms with E-state index in [1.54, 1.807) is 37.4 Å². The normalized spacial score (nSPS) is 18.1. The molecule has 1 aliphatic heterocycles. The molecule has 0 bridgehead atoms.